The summed E-state index contributed by atoms with van der Waals surface area (Å²) in [6.45, 7) is -1.57. The zero-order valence-corrected chi connectivity index (χ0v) is 9.29. The highest BCUT2D eigenvalue weighted by Crippen LogP contribution is 2.45. The normalized spacial score (nSPS) is 25.9. The van der Waals surface area contributed by atoms with E-state index in [2.05, 4.69) is 4.99 Å². The maximum Gasteiger partial charge on any atom is 0.437 e. The van der Waals surface area contributed by atoms with Crippen molar-refractivity contribution in [1.82, 2.24) is 5.32 Å². The monoisotopic (exact) mass is 318 g/mol. The topological polar surface area (TPSA) is 44.6 Å². The maximum absolute atomic E-state index is 13.3. The third kappa shape index (κ3) is 2.34. The van der Waals surface area contributed by atoms with Gasteiger partial charge in [0, 0.05) is 6.54 Å². The standard InChI is InChI=1S/C8H7F9N2O/c9-4(10)6(13,14)5(11,12)3-7(20,8(15,16)17)19-2-1-18-3/h4,19-20H,1-2H2. The Kier molecular flexibility index (Phi) is 4.05. The Bertz CT molecular complexity index is 405. The molecule has 0 spiro atoms. The lowest BCUT2D eigenvalue weighted by molar-refractivity contribution is -0.267. The van der Waals surface area contributed by atoms with E-state index in [9.17, 15) is 39.5 Å². The summed E-state index contributed by atoms with van der Waals surface area (Å²) in [7, 11) is 0. The SMILES string of the molecule is OC1(C(F)(F)F)NCCN=C1C(F)(F)C(F)(F)C(F)F. The number of nitrogens with zero attached hydrogens (tertiary/aromatic N) is 1. The average Bonchev–Trinajstić information content (AvgIpc) is 2.27. The van der Waals surface area contributed by atoms with Crippen molar-refractivity contribution in [1.29, 1.82) is 0 Å². The Hall–Kier alpha value is -1.04. The molecule has 12 heteroatoms. The molecule has 1 aliphatic rings. The van der Waals surface area contributed by atoms with E-state index >= 15 is 0 Å². The van der Waals surface area contributed by atoms with Crippen LogP contribution in [0.1, 0.15) is 0 Å². The number of hydrogen-bond donors (Lipinski definition) is 2. The van der Waals surface area contributed by atoms with Crippen LogP contribution in [0.2, 0.25) is 0 Å². The fourth-order valence-corrected chi connectivity index (χ4v) is 1.46. The zero-order chi connectivity index (χ0) is 16.0. The summed E-state index contributed by atoms with van der Waals surface area (Å²) in [5.41, 5.74) is -7.39. The van der Waals surface area contributed by atoms with Crippen molar-refractivity contribution in [3.8, 4) is 0 Å². The fraction of sp³-hybridized carbons (Fsp3) is 0.875. The van der Waals surface area contributed by atoms with Crippen molar-refractivity contribution >= 4 is 5.71 Å². The van der Waals surface area contributed by atoms with Crippen LogP contribution in [0, 0.1) is 0 Å². The number of aliphatic hydroxyl groups is 1. The predicted molar refractivity (Wildman–Crippen MR) is 47.2 cm³/mol. The lowest BCUT2D eigenvalue weighted by Gasteiger charge is -2.39. The van der Waals surface area contributed by atoms with Gasteiger partial charge in [-0.2, -0.15) is 30.7 Å². The number of aliphatic imine (C=N–C) groups is 1. The molecular weight excluding hydrogens is 311 g/mol. The first kappa shape index (κ1) is 17.0. The van der Waals surface area contributed by atoms with Crippen LogP contribution in [0.5, 0.6) is 0 Å². The molecule has 0 aromatic carbocycles. The molecule has 0 amide bonds. The molecular formula is C8H7F9N2O. The molecule has 2 N–H and O–H groups in total. The Morgan fingerprint density at radius 2 is 1.60 bits per heavy atom. The van der Waals surface area contributed by atoms with Crippen LogP contribution in [-0.2, 0) is 0 Å². The predicted octanol–water partition coefficient (Wildman–Crippen LogP) is 1.82. The Morgan fingerprint density at radius 1 is 1.10 bits per heavy atom. The molecule has 0 aliphatic carbocycles. The van der Waals surface area contributed by atoms with Gasteiger partial charge >= 0.3 is 24.4 Å². The van der Waals surface area contributed by atoms with Crippen molar-refractivity contribution in [2.45, 2.75) is 30.2 Å². The second-order valence-electron chi connectivity index (χ2n) is 3.86. The molecule has 0 saturated heterocycles. The van der Waals surface area contributed by atoms with Crippen molar-refractivity contribution in [2.24, 2.45) is 4.99 Å². The Balaban J connectivity index is 3.38. The van der Waals surface area contributed by atoms with E-state index in [0.717, 1.165) is 5.32 Å². The van der Waals surface area contributed by atoms with Gasteiger partial charge in [-0.25, -0.2) is 8.78 Å². The number of hydrogen-bond acceptors (Lipinski definition) is 3. The molecule has 1 atom stereocenters. The van der Waals surface area contributed by atoms with E-state index in [4.69, 9.17) is 5.11 Å². The van der Waals surface area contributed by atoms with E-state index in [1.165, 1.54) is 0 Å². The van der Waals surface area contributed by atoms with Crippen molar-refractivity contribution in [2.75, 3.05) is 13.1 Å². The third-order valence-corrected chi connectivity index (χ3v) is 2.51. The minimum atomic E-state index is -6.12. The van der Waals surface area contributed by atoms with Crippen molar-refractivity contribution in [3.63, 3.8) is 0 Å². The third-order valence-electron chi connectivity index (χ3n) is 2.51. The van der Waals surface area contributed by atoms with Gasteiger partial charge in [0.05, 0.1) is 6.54 Å². The van der Waals surface area contributed by atoms with Gasteiger partial charge in [-0.1, -0.05) is 0 Å². The van der Waals surface area contributed by atoms with Crippen molar-refractivity contribution in [3.05, 3.63) is 0 Å². The lowest BCUT2D eigenvalue weighted by atomic mass is 9.94. The summed E-state index contributed by atoms with van der Waals surface area (Å²) >= 11 is 0. The zero-order valence-electron chi connectivity index (χ0n) is 9.29. The van der Waals surface area contributed by atoms with Crippen molar-refractivity contribution < 1.29 is 44.6 Å². The summed E-state index contributed by atoms with van der Waals surface area (Å²) in [6.07, 6.45) is -10.8. The molecule has 1 heterocycles. The van der Waals surface area contributed by atoms with E-state index in [0.29, 0.717) is 0 Å². The minimum Gasteiger partial charge on any atom is -0.363 e. The van der Waals surface area contributed by atoms with Gasteiger partial charge in [-0.15, -0.1) is 0 Å². The lowest BCUT2D eigenvalue weighted by Crippen LogP contribution is -2.72. The average molecular weight is 318 g/mol. The van der Waals surface area contributed by atoms with Gasteiger partial charge < -0.3 is 5.11 Å². The molecule has 3 nitrogen and oxygen atoms in total. The van der Waals surface area contributed by atoms with E-state index in [1.54, 1.807) is 0 Å². The molecule has 1 unspecified atom stereocenters. The highest BCUT2D eigenvalue weighted by atomic mass is 19.4. The van der Waals surface area contributed by atoms with Gasteiger partial charge in [0.25, 0.3) is 5.72 Å². The first-order valence-corrected chi connectivity index (χ1v) is 4.91. The summed E-state index contributed by atoms with van der Waals surface area (Å²) in [5, 5.41) is 10.3. The van der Waals surface area contributed by atoms with Crippen LogP contribution >= 0.6 is 0 Å². The second-order valence-corrected chi connectivity index (χ2v) is 3.86. The van der Waals surface area contributed by atoms with E-state index in [-0.39, 0.29) is 0 Å². The van der Waals surface area contributed by atoms with E-state index in [1.807, 2.05) is 0 Å². The van der Waals surface area contributed by atoms with Crippen LogP contribution in [0.15, 0.2) is 4.99 Å². The summed E-state index contributed by atoms with van der Waals surface area (Å²) in [6, 6.07) is 0. The molecule has 0 aromatic heterocycles. The highest BCUT2D eigenvalue weighted by molar-refractivity contribution is 6.00. The quantitative estimate of drug-likeness (QED) is 0.780. The molecule has 0 aromatic rings. The summed E-state index contributed by atoms with van der Waals surface area (Å²) < 4.78 is 114. The molecule has 0 saturated carbocycles. The van der Waals surface area contributed by atoms with Gasteiger partial charge in [-0.05, 0) is 0 Å². The van der Waals surface area contributed by atoms with E-state index < -0.39 is 49.0 Å². The molecule has 118 valence electrons. The number of rotatable bonds is 3. The molecule has 0 fully saturated rings. The van der Waals surface area contributed by atoms with Gasteiger partial charge in [0.15, 0.2) is 0 Å². The maximum atomic E-state index is 13.3. The number of alkyl halides is 9. The van der Waals surface area contributed by atoms with Gasteiger partial charge in [-0.3, -0.25) is 10.3 Å². The van der Waals surface area contributed by atoms with Crippen LogP contribution in [0.4, 0.5) is 39.5 Å². The second kappa shape index (κ2) is 4.76. The van der Waals surface area contributed by atoms with Crippen LogP contribution in [-0.4, -0.2) is 54.1 Å². The molecule has 1 rings (SSSR count). The first-order valence-electron chi connectivity index (χ1n) is 4.91. The molecule has 1 aliphatic heterocycles. The molecule has 20 heavy (non-hydrogen) atoms. The fourth-order valence-electron chi connectivity index (χ4n) is 1.46. The summed E-state index contributed by atoms with van der Waals surface area (Å²) in [4.78, 5) is 2.49. The highest BCUT2D eigenvalue weighted by Gasteiger charge is 2.74. The minimum absolute atomic E-state index is 0.754. The molecule has 0 bridgehead atoms. The molecule has 0 radical (unpaired) electrons. The van der Waals surface area contributed by atoms with Crippen LogP contribution in [0.25, 0.3) is 0 Å². The van der Waals surface area contributed by atoms with Crippen LogP contribution < -0.4 is 5.32 Å². The van der Waals surface area contributed by atoms with Crippen LogP contribution in [0.3, 0.4) is 0 Å². The smallest absolute Gasteiger partial charge is 0.363 e. The van der Waals surface area contributed by atoms with Gasteiger partial charge in [0.2, 0.25) is 0 Å². The Labute approximate surface area is 105 Å². The summed E-state index contributed by atoms with van der Waals surface area (Å²) in [5.74, 6) is -12.1. The van der Waals surface area contributed by atoms with Gasteiger partial charge in [0.1, 0.15) is 5.71 Å². The number of nitrogens with one attached hydrogen (secondary N) is 1. The number of halogens is 9. The first-order chi connectivity index (χ1) is 8.78. The largest absolute Gasteiger partial charge is 0.437 e. The Morgan fingerprint density at radius 3 is 2.00 bits per heavy atom.